The lowest BCUT2D eigenvalue weighted by Gasteiger charge is -2.22. The number of pyridine rings is 1. The summed E-state index contributed by atoms with van der Waals surface area (Å²) >= 11 is 8.96. The Hall–Kier alpha value is -4.97. The fourth-order valence-electron chi connectivity index (χ4n) is 5.47. The van der Waals surface area contributed by atoms with Crippen LogP contribution in [0.25, 0.3) is 11.4 Å². The number of anilines is 1. The summed E-state index contributed by atoms with van der Waals surface area (Å²) in [7, 11) is 0. The molecule has 3 aromatic carbocycles. The van der Waals surface area contributed by atoms with E-state index in [0.29, 0.717) is 50.1 Å². The van der Waals surface area contributed by atoms with E-state index in [1.54, 1.807) is 53.9 Å². The normalized spacial score (nSPS) is 15.9. The van der Waals surface area contributed by atoms with Gasteiger partial charge in [-0.15, -0.1) is 10.2 Å². The fourth-order valence-corrected chi connectivity index (χ4v) is 7.63. The summed E-state index contributed by atoms with van der Waals surface area (Å²) in [4.78, 5) is 33.4. The van der Waals surface area contributed by atoms with Crippen LogP contribution in [-0.4, -0.2) is 36.4 Å². The SMILES string of the molecule is Cc1nc2ccccn2c1C(O)=C1C(=O)C(=O)N(c2nnc(SCc3ccccc3Cl)s2)C1c1ccc(OCc2ccccc2)cc1. The van der Waals surface area contributed by atoms with Crippen molar-refractivity contribution in [1.29, 1.82) is 0 Å². The summed E-state index contributed by atoms with van der Waals surface area (Å²) in [5, 5.41) is 21.3. The first-order valence-electron chi connectivity index (χ1n) is 14.6. The van der Waals surface area contributed by atoms with E-state index in [9.17, 15) is 14.7 Å². The number of carbonyl (C=O) groups is 2. The van der Waals surface area contributed by atoms with Crippen molar-refractivity contribution >= 4 is 62.9 Å². The number of hydrogen-bond acceptors (Lipinski definition) is 9. The lowest BCUT2D eigenvalue weighted by molar-refractivity contribution is -0.132. The summed E-state index contributed by atoms with van der Waals surface area (Å²) in [6, 6.07) is 28.9. The van der Waals surface area contributed by atoms with Gasteiger partial charge in [0, 0.05) is 17.0 Å². The number of fused-ring (bicyclic) bond motifs is 1. The summed E-state index contributed by atoms with van der Waals surface area (Å²) in [5.41, 5.74) is 3.92. The number of aromatic nitrogens is 4. The molecule has 3 aromatic heterocycles. The van der Waals surface area contributed by atoms with Crippen molar-refractivity contribution < 1.29 is 19.4 Å². The van der Waals surface area contributed by atoms with Gasteiger partial charge in [0.25, 0.3) is 5.78 Å². The average molecular weight is 680 g/mol. The maximum Gasteiger partial charge on any atom is 0.301 e. The molecule has 1 atom stereocenters. The third-order valence-corrected chi connectivity index (χ3v) is 10.2. The first-order chi connectivity index (χ1) is 22.9. The molecule has 0 radical (unpaired) electrons. The van der Waals surface area contributed by atoms with Gasteiger partial charge in [0.1, 0.15) is 23.7 Å². The summed E-state index contributed by atoms with van der Waals surface area (Å²) in [6.07, 6.45) is 1.75. The molecule has 12 heteroatoms. The van der Waals surface area contributed by atoms with Crippen molar-refractivity contribution in [3.63, 3.8) is 0 Å². The fraction of sp³-hybridized carbons (Fsp3) is 0.114. The van der Waals surface area contributed by atoms with E-state index in [4.69, 9.17) is 16.3 Å². The first-order valence-corrected chi connectivity index (χ1v) is 16.8. The number of carbonyl (C=O) groups excluding carboxylic acids is 2. The van der Waals surface area contributed by atoms with Crippen LogP contribution >= 0.6 is 34.7 Å². The summed E-state index contributed by atoms with van der Waals surface area (Å²) < 4.78 is 8.28. The lowest BCUT2D eigenvalue weighted by Crippen LogP contribution is -2.29. The molecule has 1 unspecified atom stereocenters. The van der Waals surface area contributed by atoms with Gasteiger partial charge in [0.15, 0.2) is 10.1 Å². The van der Waals surface area contributed by atoms with E-state index in [1.165, 1.54) is 28.0 Å². The number of Topliss-reactive ketones (excluding diaryl/α,β-unsaturated/α-hetero) is 1. The van der Waals surface area contributed by atoms with Gasteiger partial charge in [0.2, 0.25) is 5.13 Å². The number of halogens is 1. The second-order valence-corrected chi connectivity index (χ2v) is 13.3. The highest BCUT2D eigenvalue weighted by molar-refractivity contribution is 8.00. The highest BCUT2D eigenvalue weighted by Gasteiger charge is 2.49. The number of aliphatic hydroxyl groups is 1. The maximum atomic E-state index is 13.8. The molecule has 6 aromatic rings. The molecule has 0 spiro atoms. The number of ketones is 1. The second-order valence-electron chi connectivity index (χ2n) is 10.7. The molecule has 1 fully saturated rings. The van der Waals surface area contributed by atoms with E-state index >= 15 is 0 Å². The zero-order valence-corrected chi connectivity index (χ0v) is 27.3. The van der Waals surface area contributed by atoms with Crippen molar-refractivity contribution in [3.05, 3.63) is 142 Å². The highest BCUT2D eigenvalue weighted by atomic mass is 35.5. The minimum absolute atomic E-state index is 0.0674. The Morgan fingerprint density at radius 1 is 0.957 bits per heavy atom. The monoisotopic (exact) mass is 679 g/mol. The van der Waals surface area contributed by atoms with Gasteiger partial charge < -0.3 is 9.84 Å². The van der Waals surface area contributed by atoms with Gasteiger partial charge in [0.05, 0.1) is 17.3 Å². The van der Waals surface area contributed by atoms with Crippen LogP contribution in [0.4, 0.5) is 5.13 Å². The molecule has 234 valence electrons. The molecule has 7 rings (SSSR count). The third kappa shape index (κ3) is 6.00. The third-order valence-electron chi connectivity index (χ3n) is 7.73. The second kappa shape index (κ2) is 13.0. The van der Waals surface area contributed by atoms with Crippen LogP contribution < -0.4 is 9.64 Å². The molecule has 9 nitrogen and oxygen atoms in total. The van der Waals surface area contributed by atoms with Gasteiger partial charge in [-0.2, -0.15) is 0 Å². The molecule has 0 saturated carbocycles. The van der Waals surface area contributed by atoms with Gasteiger partial charge in [-0.25, -0.2) is 4.98 Å². The van der Waals surface area contributed by atoms with Crippen molar-refractivity contribution in [3.8, 4) is 5.75 Å². The standard InChI is InChI=1S/C35H26ClN5O4S2/c1-21-29(40-18-8-7-13-27(40)37-21)31(42)28-30(23-14-16-25(17-15-23)45-19-22-9-3-2-4-10-22)41(33(44)32(28)43)34-38-39-35(47-34)46-20-24-11-5-6-12-26(24)36/h2-18,30,42H,19-20H2,1H3. The number of rotatable bonds is 9. The molecule has 1 amide bonds. The quantitative estimate of drug-likeness (QED) is 0.0546. The van der Waals surface area contributed by atoms with Gasteiger partial charge in [-0.3, -0.25) is 18.9 Å². The predicted octanol–water partition coefficient (Wildman–Crippen LogP) is 7.65. The van der Waals surface area contributed by atoms with Crippen molar-refractivity contribution in [2.24, 2.45) is 0 Å². The number of aryl methyl sites for hydroxylation is 1. The Balaban J connectivity index is 1.27. The average Bonchev–Trinajstić information content (AvgIpc) is 3.77. The summed E-state index contributed by atoms with van der Waals surface area (Å²) in [6.45, 7) is 2.13. The van der Waals surface area contributed by atoms with Crippen LogP contribution in [0.5, 0.6) is 5.75 Å². The maximum absolute atomic E-state index is 13.8. The number of thioether (sulfide) groups is 1. The number of aliphatic hydroxyl groups excluding tert-OH is 1. The molecule has 0 aliphatic carbocycles. The number of hydrogen-bond donors (Lipinski definition) is 1. The molecule has 1 N–H and O–H groups in total. The lowest BCUT2D eigenvalue weighted by atomic mass is 9.96. The Morgan fingerprint density at radius 2 is 1.70 bits per heavy atom. The minimum Gasteiger partial charge on any atom is -0.505 e. The first kappa shape index (κ1) is 30.7. The van der Waals surface area contributed by atoms with Crippen molar-refractivity contribution in [2.45, 2.75) is 29.7 Å². The van der Waals surface area contributed by atoms with Crippen LogP contribution in [0.1, 0.15) is 34.1 Å². The van der Waals surface area contributed by atoms with E-state index in [0.717, 1.165) is 11.1 Å². The van der Waals surface area contributed by atoms with Crippen LogP contribution in [0.15, 0.2) is 113 Å². The zero-order chi connectivity index (χ0) is 32.5. The molecule has 0 bridgehead atoms. The molecule has 1 saturated heterocycles. The number of ether oxygens (including phenoxy) is 1. The van der Waals surface area contributed by atoms with E-state index in [-0.39, 0.29) is 16.5 Å². The minimum atomic E-state index is -0.985. The van der Waals surface area contributed by atoms with Gasteiger partial charge >= 0.3 is 5.91 Å². The Labute approximate surface area is 283 Å². The largest absolute Gasteiger partial charge is 0.505 e. The number of amides is 1. The molecule has 4 heterocycles. The van der Waals surface area contributed by atoms with E-state index in [1.807, 2.05) is 60.7 Å². The number of imidazole rings is 1. The zero-order valence-electron chi connectivity index (χ0n) is 24.9. The Morgan fingerprint density at radius 3 is 2.49 bits per heavy atom. The number of benzene rings is 3. The van der Waals surface area contributed by atoms with Gasteiger partial charge in [-0.05, 0) is 53.9 Å². The molecule has 1 aliphatic rings. The topological polar surface area (TPSA) is 110 Å². The van der Waals surface area contributed by atoms with Crippen LogP contribution in [0.2, 0.25) is 5.02 Å². The number of nitrogens with zero attached hydrogens (tertiary/aromatic N) is 5. The van der Waals surface area contributed by atoms with Crippen molar-refractivity contribution in [2.75, 3.05) is 4.90 Å². The van der Waals surface area contributed by atoms with Crippen molar-refractivity contribution in [1.82, 2.24) is 19.6 Å². The Bertz CT molecular complexity index is 2150. The predicted molar refractivity (Wildman–Crippen MR) is 183 cm³/mol. The van der Waals surface area contributed by atoms with Crippen LogP contribution in [0, 0.1) is 6.92 Å². The highest BCUT2D eigenvalue weighted by Crippen LogP contribution is 2.44. The molecular formula is C35H26ClN5O4S2. The van der Waals surface area contributed by atoms with Gasteiger partial charge in [-0.1, -0.05) is 101 Å². The molecule has 47 heavy (non-hydrogen) atoms. The van der Waals surface area contributed by atoms with E-state index < -0.39 is 17.7 Å². The Kier molecular flexibility index (Phi) is 8.50. The summed E-state index contributed by atoms with van der Waals surface area (Å²) in [5.74, 6) is -0.807. The smallest absolute Gasteiger partial charge is 0.301 e. The molecular weight excluding hydrogens is 654 g/mol. The van der Waals surface area contributed by atoms with Crippen LogP contribution in [-0.2, 0) is 21.9 Å². The molecule has 1 aliphatic heterocycles. The van der Waals surface area contributed by atoms with E-state index in [2.05, 4.69) is 15.2 Å². The van der Waals surface area contributed by atoms with Crippen LogP contribution in [0.3, 0.4) is 0 Å².